The predicted molar refractivity (Wildman–Crippen MR) is 111 cm³/mol. The second-order valence-electron chi connectivity index (χ2n) is 6.95. The molecule has 0 aliphatic carbocycles. The van der Waals surface area contributed by atoms with Gasteiger partial charge < -0.3 is 30.1 Å². The molecule has 1 fully saturated rings. The van der Waals surface area contributed by atoms with Crippen LogP contribution in [0.4, 0.5) is 10.5 Å². The van der Waals surface area contributed by atoms with E-state index >= 15 is 0 Å². The van der Waals surface area contributed by atoms with Crippen molar-refractivity contribution >= 4 is 11.8 Å². The van der Waals surface area contributed by atoms with Crippen LogP contribution in [0.15, 0.2) is 36.5 Å². The van der Waals surface area contributed by atoms with Gasteiger partial charge in [-0.1, -0.05) is 0 Å². The summed E-state index contributed by atoms with van der Waals surface area (Å²) in [5, 5.41) is 16.0. The first-order chi connectivity index (χ1) is 14.1. The van der Waals surface area contributed by atoms with Crippen molar-refractivity contribution < 1.29 is 19.4 Å². The first kappa shape index (κ1) is 20.7. The molecular weight excluding hydrogens is 372 g/mol. The summed E-state index contributed by atoms with van der Waals surface area (Å²) in [4.78, 5) is 17.0. The number of amides is 1. The molecule has 1 aliphatic heterocycles. The Hall–Kier alpha value is -3.00. The second-order valence-corrected chi connectivity index (χ2v) is 6.95. The smallest absolute Gasteiger partial charge is 0.407 e. The van der Waals surface area contributed by atoms with Gasteiger partial charge in [-0.2, -0.15) is 0 Å². The van der Waals surface area contributed by atoms with Crippen LogP contribution in [0.5, 0.6) is 11.5 Å². The summed E-state index contributed by atoms with van der Waals surface area (Å²) in [6, 6.07) is 9.97. The number of hydrogen-bond acceptors (Lipinski definition) is 6. The molecule has 0 atom stereocenters. The highest BCUT2D eigenvalue weighted by Crippen LogP contribution is 2.26. The number of methoxy groups -OCH3 is 2. The standard InChI is InChI=1S/C21H28N4O4/c1-28-17-6-5-15(20(12-17)29-2)13-24-18-4-3-9-22-19(18)14-23-16-7-10-25(11-8-16)21(26)27/h3-6,9,12,16,23-24H,7-8,10-11,13-14H2,1-2H3,(H,26,27). The third kappa shape index (κ3) is 5.51. The normalized spacial score (nSPS) is 14.5. The van der Waals surface area contributed by atoms with Gasteiger partial charge in [0.1, 0.15) is 11.5 Å². The van der Waals surface area contributed by atoms with Crippen molar-refractivity contribution in [2.24, 2.45) is 0 Å². The number of benzene rings is 1. The average molecular weight is 400 g/mol. The number of carbonyl (C=O) groups is 1. The lowest BCUT2D eigenvalue weighted by Crippen LogP contribution is -2.44. The number of ether oxygens (including phenoxy) is 2. The summed E-state index contributed by atoms with van der Waals surface area (Å²) < 4.78 is 10.7. The number of rotatable bonds is 8. The Labute approximate surface area is 170 Å². The zero-order valence-corrected chi connectivity index (χ0v) is 16.9. The van der Waals surface area contributed by atoms with Gasteiger partial charge in [-0.3, -0.25) is 4.98 Å². The van der Waals surface area contributed by atoms with E-state index in [1.54, 1.807) is 20.4 Å². The minimum Gasteiger partial charge on any atom is -0.497 e. The van der Waals surface area contributed by atoms with Crippen molar-refractivity contribution in [3.63, 3.8) is 0 Å². The van der Waals surface area contributed by atoms with Crippen molar-refractivity contribution in [3.8, 4) is 11.5 Å². The van der Waals surface area contributed by atoms with E-state index in [1.807, 2.05) is 30.3 Å². The van der Waals surface area contributed by atoms with E-state index < -0.39 is 6.09 Å². The Morgan fingerprint density at radius 2 is 2.00 bits per heavy atom. The number of likely N-dealkylation sites (tertiary alicyclic amines) is 1. The Balaban J connectivity index is 1.58. The minimum atomic E-state index is -0.839. The van der Waals surface area contributed by atoms with Crippen LogP contribution in [0, 0.1) is 0 Å². The Morgan fingerprint density at radius 1 is 1.21 bits per heavy atom. The van der Waals surface area contributed by atoms with Crippen LogP contribution < -0.4 is 20.1 Å². The maximum absolute atomic E-state index is 11.0. The van der Waals surface area contributed by atoms with Gasteiger partial charge in [-0.15, -0.1) is 0 Å². The quantitative estimate of drug-likeness (QED) is 0.627. The molecule has 0 saturated carbocycles. The molecule has 1 amide bonds. The first-order valence-electron chi connectivity index (χ1n) is 9.70. The highest BCUT2D eigenvalue weighted by atomic mass is 16.5. The second kappa shape index (κ2) is 9.97. The lowest BCUT2D eigenvalue weighted by atomic mass is 10.1. The fraction of sp³-hybridized carbons (Fsp3) is 0.429. The van der Waals surface area contributed by atoms with E-state index in [9.17, 15) is 4.79 Å². The highest BCUT2D eigenvalue weighted by molar-refractivity contribution is 5.65. The van der Waals surface area contributed by atoms with Crippen molar-refractivity contribution in [2.75, 3.05) is 32.6 Å². The molecule has 0 unspecified atom stereocenters. The van der Waals surface area contributed by atoms with Gasteiger partial charge in [0, 0.05) is 50.0 Å². The van der Waals surface area contributed by atoms with Crippen LogP contribution in [0.2, 0.25) is 0 Å². The first-order valence-corrected chi connectivity index (χ1v) is 9.70. The molecule has 3 rings (SSSR count). The van der Waals surface area contributed by atoms with E-state index in [2.05, 4.69) is 15.6 Å². The fourth-order valence-corrected chi connectivity index (χ4v) is 3.44. The van der Waals surface area contributed by atoms with E-state index in [0.717, 1.165) is 41.3 Å². The van der Waals surface area contributed by atoms with Crippen LogP contribution in [-0.2, 0) is 13.1 Å². The molecule has 3 N–H and O–H groups in total. The molecule has 0 spiro atoms. The molecule has 2 heterocycles. The molecule has 1 aromatic heterocycles. The third-order valence-corrected chi connectivity index (χ3v) is 5.18. The number of nitrogens with zero attached hydrogens (tertiary/aromatic N) is 2. The topological polar surface area (TPSA) is 96.0 Å². The van der Waals surface area contributed by atoms with E-state index in [-0.39, 0.29) is 0 Å². The van der Waals surface area contributed by atoms with Crippen molar-refractivity contribution in [1.29, 1.82) is 0 Å². The van der Waals surface area contributed by atoms with Gasteiger partial charge in [0.2, 0.25) is 0 Å². The van der Waals surface area contributed by atoms with Crippen LogP contribution in [0.1, 0.15) is 24.1 Å². The summed E-state index contributed by atoms with van der Waals surface area (Å²) in [5.74, 6) is 1.52. The molecule has 1 aliphatic rings. The minimum absolute atomic E-state index is 0.294. The van der Waals surface area contributed by atoms with Crippen LogP contribution in [0.3, 0.4) is 0 Å². The molecule has 1 saturated heterocycles. The summed E-state index contributed by atoms with van der Waals surface area (Å²) in [5.41, 5.74) is 2.92. The van der Waals surface area contributed by atoms with Crippen molar-refractivity contribution in [1.82, 2.24) is 15.2 Å². The van der Waals surface area contributed by atoms with Crippen molar-refractivity contribution in [3.05, 3.63) is 47.8 Å². The van der Waals surface area contributed by atoms with E-state index in [4.69, 9.17) is 14.6 Å². The third-order valence-electron chi connectivity index (χ3n) is 5.18. The predicted octanol–water partition coefficient (Wildman–Crippen LogP) is 2.94. The number of hydrogen-bond donors (Lipinski definition) is 3. The van der Waals surface area contributed by atoms with Crippen molar-refractivity contribution in [2.45, 2.75) is 32.0 Å². The van der Waals surface area contributed by atoms with Gasteiger partial charge in [0.25, 0.3) is 0 Å². The van der Waals surface area contributed by atoms with E-state index in [0.29, 0.717) is 32.2 Å². The largest absolute Gasteiger partial charge is 0.497 e. The molecule has 0 bridgehead atoms. The summed E-state index contributed by atoms with van der Waals surface area (Å²) in [7, 11) is 3.28. The Kier molecular flexibility index (Phi) is 7.13. The maximum Gasteiger partial charge on any atom is 0.407 e. The number of aromatic nitrogens is 1. The lowest BCUT2D eigenvalue weighted by Gasteiger charge is -2.30. The zero-order valence-electron chi connectivity index (χ0n) is 16.9. The number of carboxylic acid groups (broad SMARTS) is 1. The highest BCUT2D eigenvalue weighted by Gasteiger charge is 2.22. The lowest BCUT2D eigenvalue weighted by molar-refractivity contribution is 0.129. The van der Waals surface area contributed by atoms with Gasteiger partial charge in [-0.25, -0.2) is 4.79 Å². The number of anilines is 1. The monoisotopic (exact) mass is 400 g/mol. The summed E-state index contributed by atoms with van der Waals surface area (Å²) >= 11 is 0. The zero-order chi connectivity index (χ0) is 20.6. The number of nitrogens with one attached hydrogen (secondary N) is 2. The van der Waals surface area contributed by atoms with Gasteiger partial charge >= 0.3 is 6.09 Å². The molecule has 8 heteroatoms. The molecular formula is C21H28N4O4. The fourth-order valence-electron chi connectivity index (χ4n) is 3.44. The van der Waals surface area contributed by atoms with Crippen LogP contribution >= 0.6 is 0 Å². The number of piperidine rings is 1. The van der Waals surface area contributed by atoms with E-state index in [1.165, 1.54) is 4.90 Å². The molecule has 1 aromatic carbocycles. The SMILES string of the molecule is COc1ccc(CNc2cccnc2CNC2CCN(C(=O)O)CC2)c(OC)c1. The summed E-state index contributed by atoms with van der Waals surface area (Å²) in [6.45, 7) is 2.36. The average Bonchev–Trinajstić information content (AvgIpc) is 2.76. The number of pyridine rings is 1. The Bertz CT molecular complexity index is 822. The Morgan fingerprint density at radius 3 is 2.69 bits per heavy atom. The molecule has 2 aromatic rings. The van der Waals surface area contributed by atoms with Gasteiger partial charge in [-0.05, 0) is 37.1 Å². The molecule has 8 nitrogen and oxygen atoms in total. The van der Waals surface area contributed by atoms with Crippen LogP contribution in [0.25, 0.3) is 0 Å². The van der Waals surface area contributed by atoms with Crippen LogP contribution in [-0.4, -0.2) is 54.4 Å². The summed E-state index contributed by atoms with van der Waals surface area (Å²) in [6.07, 6.45) is 2.56. The molecule has 156 valence electrons. The molecule has 0 radical (unpaired) electrons. The molecule has 29 heavy (non-hydrogen) atoms. The van der Waals surface area contributed by atoms with Gasteiger partial charge in [0.15, 0.2) is 0 Å². The van der Waals surface area contributed by atoms with Gasteiger partial charge in [0.05, 0.1) is 25.6 Å². The maximum atomic E-state index is 11.0.